The molecule has 0 rings (SSSR count). The number of hydrogen-bond donors (Lipinski definition) is 6. The zero-order valence-corrected chi connectivity index (χ0v) is 41.7. The van der Waals surface area contributed by atoms with E-state index in [0.717, 1.165) is 38.5 Å². The lowest BCUT2D eigenvalue weighted by atomic mass is 10.0. The zero-order valence-electron chi connectivity index (χ0n) is 40.8. The van der Waals surface area contributed by atoms with Gasteiger partial charge in [0, 0.05) is 12.8 Å². The molecular formula is C51H95O13P. The summed E-state index contributed by atoms with van der Waals surface area (Å²) in [6.45, 7) is 1.31. The van der Waals surface area contributed by atoms with Crippen molar-refractivity contribution < 1.29 is 63.1 Å². The number of aliphatic hydroxyl groups is 5. The number of unbranched alkanes of at least 4 members (excludes halogenated alkanes) is 25. The summed E-state index contributed by atoms with van der Waals surface area (Å²) in [5.74, 6) is -1.14. The van der Waals surface area contributed by atoms with Crippen molar-refractivity contribution in [3.05, 3.63) is 36.5 Å². The van der Waals surface area contributed by atoms with Gasteiger partial charge >= 0.3 is 19.8 Å². The summed E-state index contributed by atoms with van der Waals surface area (Å²) >= 11 is 0. The maximum atomic E-state index is 12.8. The van der Waals surface area contributed by atoms with Gasteiger partial charge in [-0.15, -0.1) is 0 Å². The number of allylic oxidation sites excluding steroid dienone is 6. The Morgan fingerprint density at radius 2 is 0.862 bits per heavy atom. The molecule has 0 aliphatic carbocycles. The Morgan fingerprint density at radius 3 is 1.25 bits per heavy atom. The molecule has 0 radical (unpaired) electrons. The van der Waals surface area contributed by atoms with Crippen LogP contribution in [0.25, 0.3) is 0 Å². The molecule has 14 heteroatoms. The van der Waals surface area contributed by atoms with Gasteiger partial charge in [0.1, 0.15) is 31.0 Å². The number of hydrogen-bond acceptors (Lipinski definition) is 12. The Labute approximate surface area is 394 Å². The van der Waals surface area contributed by atoms with Crippen LogP contribution in [-0.2, 0) is 32.7 Å². The van der Waals surface area contributed by atoms with Crippen molar-refractivity contribution in [1.82, 2.24) is 0 Å². The minimum Gasteiger partial charge on any atom is -0.462 e. The van der Waals surface area contributed by atoms with Crippen LogP contribution >= 0.6 is 7.82 Å². The third-order valence-corrected chi connectivity index (χ3v) is 12.4. The average molecular weight is 947 g/mol. The van der Waals surface area contributed by atoms with E-state index < -0.39 is 76.7 Å². The van der Waals surface area contributed by atoms with Crippen molar-refractivity contribution in [3.63, 3.8) is 0 Å². The summed E-state index contributed by atoms with van der Waals surface area (Å²) in [6.07, 6.45) is 39.2. The van der Waals surface area contributed by atoms with Gasteiger partial charge in [0.15, 0.2) is 6.10 Å². The lowest BCUT2D eigenvalue weighted by Gasteiger charge is -2.28. The second-order valence-electron chi connectivity index (χ2n) is 17.5. The summed E-state index contributed by atoms with van der Waals surface area (Å²) in [4.78, 5) is 35.7. The van der Waals surface area contributed by atoms with Crippen LogP contribution in [0.15, 0.2) is 36.5 Å². The lowest BCUT2D eigenvalue weighted by molar-refractivity contribution is -0.161. The Bertz CT molecular complexity index is 1230. The molecule has 1 unspecified atom stereocenters. The number of phosphoric acid groups is 1. The van der Waals surface area contributed by atoms with E-state index in [2.05, 4.69) is 50.3 Å². The topological polar surface area (TPSA) is 210 Å². The molecule has 13 nitrogen and oxygen atoms in total. The van der Waals surface area contributed by atoms with Crippen molar-refractivity contribution in [3.8, 4) is 0 Å². The van der Waals surface area contributed by atoms with Crippen LogP contribution in [0, 0.1) is 0 Å². The van der Waals surface area contributed by atoms with Gasteiger partial charge in [-0.05, 0) is 89.9 Å². The van der Waals surface area contributed by atoms with Crippen LogP contribution in [0.5, 0.6) is 0 Å². The number of esters is 2. The normalized spacial score (nSPS) is 15.4. The predicted molar refractivity (Wildman–Crippen MR) is 260 cm³/mol. The van der Waals surface area contributed by atoms with Gasteiger partial charge in [-0.1, -0.05) is 153 Å². The molecule has 6 atom stereocenters. The summed E-state index contributed by atoms with van der Waals surface area (Å²) in [7, 11) is -5.07. The van der Waals surface area contributed by atoms with E-state index in [1.165, 1.54) is 141 Å². The van der Waals surface area contributed by atoms with Crippen LogP contribution in [0.3, 0.4) is 0 Å². The maximum Gasteiger partial charge on any atom is 0.472 e. The summed E-state index contributed by atoms with van der Waals surface area (Å²) in [5, 5.41) is 48.4. The quantitative estimate of drug-likeness (QED) is 0.0145. The number of carbonyl (C=O) groups excluding carboxylic acids is 2. The minimum absolute atomic E-state index is 0.0673. The van der Waals surface area contributed by atoms with Gasteiger partial charge in [0.2, 0.25) is 0 Å². The molecule has 0 aliphatic rings. The molecule has 0 bridgehead atoms. The fourth-order valence-corrected chi connectivity index (χ4v) is 8.15. The smallest absolute Gasteiger partial charge is 0.462 e. The monoisotopic (exact) mass is 947 g/mol. The molecule has 0 saturated carbocycles. The van der Waals surface area contributed by atoms with Crippen molar-refractivity contribution in [2.45, 2.75) is 250 Å². The first kappa shape index (κ1) is 63.1. The van der Waals surface area contributed by atoms with Gasteiger partial charge in [-0.2, -0.15) is 0 Å². The second kappa shape index (κ2) is 45.8. The van der Waals surface area contributed by atoms with Gasteiger partial charge in [-0.3, -0.25) is 18.6 Å². The second-order valence-corrected chi connectivity index (χ2v) is 18.9. The Hall–Kier alpha value is -1.93. The Morgan fingerprint density at radius 1 is 0.492 bits per heavy atom. The largest absolute Gasteiger partial charge is 0.472 e. The van der Waals surface area contributed by atoms with Gasteiger partial charge in [0.25, 0.3) is 0 Å². The van der Waals surface area contributed by atoms with E-state index in [0.29, 0.717) is 12.8 Å². The van der Waals surface area contributed by atoms with Gasteiger partial charge in [-0.25, -0.2) is 4.57 Å². The van der Waals surface area contributed by atoms with Crippen molar-refractivity contribution in [2.24, 2.45) is 0 Å². The fraction of sp³-hybridized carbons (Fsp3) is 0.843. The van der Waals surface area contributed by atoms with Crippen LogP contribution in [0.4, 0.5) is 0 Å². The van der Waals surface area contributed by atoms with Crippen LogP contribution in [0.2, 0.25) is 0 Å². The van der Waals surface area contributed by atoms with Gasteiger partial charge in [0.05, 0.1) is 19.8 Å². The number of ether oxygens (including phenoxy) is 2. The van der Waals surface area contributed by atoms with E-state index in [1.54, 1.807) is 0 Å². The molecule has 6 N–H and O–H groups in total. The fourth-order valence-electron chi connectivity index (χ4n) is 7.20. The molecule has 0 aromatic heterocycles. The number of carbonyl (C=O) groups is 2. The van der Waals surface area contributed by atoms with E-state index in [1.807, 2.05) is 0 Å². The highest BCUT2D eigenvalue weighted by Gasteiger charge is 2.37. The van der Waals surface area contributed by atoms with Crippen molar-refractivity contribution >= 4 is 19.8 Å². The summed E-state index contributed by atoms with van der Waals surface area (Å²) in [5.41, 5.74) is 0. The number of aliphatic hydroxyl groups excluding tert-OH is 5. The maximum absolute atomic E-state index is 12.8. The molecule has 0 aliphatic heterocycles. The molecule has 0 spiro atoms. The Kier molecular flexibility index (Phi) is 44.5. The highest BCUT2D eigenvalue weighted by Crippen LogP contribution is 2.45. The van der Waals surface area contributed by atoms with E-state index in [9.17, 15) is 39.5 Å². The molecule has 0 fully saturated rings. The molecular weight excluding hydrogens is 852 g/mol. The van der Waals surface area contributed by atoms with Crippen LogP contribution in [-0.4, -0.2) is 99.3 Å². The van der Waals surface area contributed by atoms with Crippen molar-refractivity contribution in [2.75, 3.05) is 26.4 Å². The average Bonchev–Trinajstić information content (AvgIpc) is 3.30. The highest BCUT2D eigenvalue weighted by atomic mass is 31.2. The molecule has 65 heavy (non-hydrogen) atoms. The summed E-state index contributed by atoms with van der Waals surface area (Å²) in [6, 6.07) is 0. The van der Waals surface area contributed by atoms with Crippen molar-refractivity contribution in [1.29, 1.82) is 0 Å². The third kappa shape index (κ3) is 40.8. The molecule has 382 valence electrons. The lowest BCUT2D eigenvalue weighted by Crippen LogP contribution is -2.47. The number of rotatable bonds is 48. The van der Waals surface area contributed by atoms with Gasteiger partial charge < -0.3 is 39.9 Å². The van der Waals surface area contributed by atoms with E-state index in [4.69, 9.17) is 23.6 Å². The standard InChI is InChI=1S/C51H95O13P/c1-3-5-7-9-11-13-15-17-18-19-20-21-22-23-24-25-26-28-30-32-34-36-38-40-49(56)63-45(44-62-65(59,60)64-47(42-53)51(58)50(57)46(54)41-52)43-61-48(55)39-37-35-33-31-29-27-16-14-12-10-8-6-4-2/h15,17,29-32,45-47,50-54,57-58H,3-14,16,18-28,33-44H2,1-2H3,(H,59,60)/b17-15-,31-29-,32-30-/t45-,46-,47-,50-,51-/m1/s1. The molecule has 0 aromatic carbocycles. The minimum atomic E-state index is -5.07. The van der Waals surface area contributed by atoms with Crippen LogP contribution < -0.4 is 0 Å². The highest BCUT2D eigenvalue weighted by molar-refractivity contribution is 7.47. The first-order chi connectivity index (χ1) is 31.5. The Balaban J connectivity index is 4.60. The zero-order chi connectivity index (χ0) is 48.1. The first-order valence-electron chi connectivity index (χ1n) is 25.7. The van der Waals surface area contributed by atoms with E-state index >= 15 is 0 Å². The van der Waals surface area contributed by atoms with Crippen LogP contribution in [0.1, 0.15) is 219 Å². The number of phosphoric ester groups is 1. The molecule has 0 saturated heterocycles. The third-order valence-electron chi connectivity index (χ3n) is 11.4. The molecule has 0 aromatic rings. The predicted octanol–water partition coefficient (Wildman–Crippen LogP) is 11.2. The first-order valence-corrected chi connectivity index (χ1v) is 27.2. The molecule has 0 amide bonds. The molecule has 0 heterocycles. The SMILES string of the molecule is CCCCCCC/C=C\CCCCCCCCCC/C=C\CCCCC(=O)O[C@H](COC(=O)CCCC/C=C\CCCCCCCCC)COP(=O)(O)O[C@H](CO)[C@@H](O)[C@H](O)[C@H](O)CO. The van der Waals surface area contributed by atoms with E-state index in [-0.39, 0.29) is 12.8 Å². The summed E-state index contributed by atoms with van der Waals surface area (Å²) < 4.78 is 33.4.